The zero-order valence-corrected chi connectivity index (χ0v) is 21.5. The molecule has 38 heavy (non-hydrogen) atoms. The standard InChI is InChI=1S/C25H28F4N6O3/c1-11-9-35(10-12(2)19(11)36)23(37)15-6-18(26)22(30-8-15)31-13(3)16-7-17-21(33-20(16)25(27,28)29)32-14(4)34(5)24(17)38/h6-8,11-13,19,36H,9-10H2,1-5H3,(H,30,31). The van der Waals surface area contributed by atoms with Crippen LogP contribution < -0.4 is 10.9 Å². The van der Waals surface area contributed by atoms with Crippen molar-refractivity contribution in [3.05, 3.63) is 57.1 Å². The third-order valence-electron chi connectivity index (χ3n) is 6.97. The Bertz CT molecular complexity index is 1450. The van der Waals surface area contributed by atoms with Gasteiger partial charge in [-0.05, 0) is 37.8 Å². The van der Waals surface area contributed by atoms with Crippen molar-refractivity contribution in [3.63, 3.8) is 0 Å². The van der Waals surface area contributed by atoms with E-state index in [1.54, 1.807) is 0 Å². The fourth-order valence-corrected chi connectivity index (χ4v) is 4.71. The van der Waals surface area contributed by atoms with Crippen LogP contribution in [-0.2, 0) is 13.2 Å². The number of nitrogens with one attached hydrogen (secondary N) is 1. The van der Waals surface area contributed by atoms with Crippen molar-refractivity contribution >= 4 is 22.8 Å². The second kappa shape index (κ2) is 9.93. The molecule has 3 atom stereocenters. The van der Waals surface area contributed by atoms with Crippen LogP contribution in [0.1, 0.15) is 54.3 Å². The van der Waals surface area contributed by atoms with Crippen LogP contribution in [0.2, 0.25) is 0 Å². The Morgan fingerprint density at radius 3 is 2.39 bits per heavy atom. The largest absolute Gasteiger partial charge is 0.433 e. The average molecular weight is 537 g/mol. The first-order valence-corrected chi connectivity index (χ1v) is 12.0. The number of hydrogen-bond acceptors (Lipinski definition) is 7. The molecule has 0 saturated carbocycles. The summed E-state index contributed by atoms with van der Waals surface area (Å²) in [5, 5.41) is 12.6. The lowest BCUT2D eigenvalue weighted by Gasteiger charge is -2.38. The summed E-state index contributed by atoms with van der Waals surface area (Å²) in [6, 6.07) is 0.861. The first-order valence-electron chi connectivity index (χ1n) is 12.0. The minimum atomic E-state index is -4.87. The quantitative estimate of drug-likeness (QED) is 0.491. The predicted octanol–water partition coefficient (Wildman–Crippen LogP) is 3.45. The van der Waals surface area contributed by atoms with Crippen molar-refractivity contribution in [1.29, 1.82) is 0 Å². The third kappa shape index (κ3) is 5.06. The first kappa shape index (κ1) is 27.4. The van der Waals surface area contributed by atoms with Crippen LogP contribution in [0.15, 0.2) is 23.1 Å². The van der Waals surface area contributed by atoms with E-state index in [4.69, 9.17) is 0 Å². The number of nitrogens with zero attached hydrogens (tertiary/aromatic N) is 5. The molecule has 13 heteroatoms. The second-order valence-electron chi connectivity index (χ2n) is 9.89. The van der Waals surface area contributed by atoms with E-state index < -0.39 is 41.3 Å². The van der Waals surface area contributed by atoms with E-state index in [2.05, 4.69) is 20.3 Å². The minimum absolute atomic E-state index is 0.0233. The number of amides is 1. The Hall–Kier alpha value is -3.61. The van der Waals surface area contributed by atoms with E-state index in [-0.39, 0.29) is 45.6 Å². The summed E-state index contributed by atoms with van der Waals surface area (Å²) in [6.07, 6.45) is -4.27. The molecule has 0 aliphatic carbocycles. The Morgan fingerprint density at radius 2 is 1.82 bits per heavy atom. The molecule has 3 aromatic rings. The monoisotopic (exact) mass is 536 g/mol. The smallest absolute Gasteiger partial charge is 0.392 e. The van der Waals surface area contributed by atoms with Gasteiger partial charge in [-0.2, -0.15) is 13.2 Å². The van der Waals surface area contributed by atoms with Crippen LogP contribution in [0.25, 0.3) is 11.0 Å². The van der Waals surface area contributed by atoms with Crippen molar-refractivity contribution in [1.82, 2.24) is 24.4 Å². The number of pyridine rings is 2. The molecule has 4 rings (SSSR count). The second-order valence-corrected chi connectivity index (χ2v) is 9.89. The molecule has 0 bridgehead atoms. The summed E-state index contributed by atoms with van der Waals surface area (Å²) in [7, 11) is 1.44. The fraction of sp³-hybridized carbons (Fsp3) is 0.480. The molecule has 1 aliphatic rings. The maximum absolute atomic E-state index is 15.0. The third-order valence-corrected chi connectivity index (χ3v) is 6.97. The van der Waals surface area contributed by atoms with E-state index in [1.165, 1.54) is 30.4 Å². The molecule has 1 saturated heterocycles. The molecule has 1 aliphatic heterocycles. The summed E-state index contributed by atoms with van der Waals surface area (Å²) in [5.41, 5.74) is -2.57. The number of likely N-dealkylation sites (tertiary alicyclic amines) is 1. The molecule has 1 fully saturated rings. The van der Waals surface area contributed by atoms with Gasteiger partial charge in [0.1, 0.15) is 5.82 Å². The summed E-state index contributed by atoms with van der Waals surface area (Å²) in [4.78, 5) is 38.6. The average Bonchev–Trinajstić information content (AvgIpc) is 2.85. The Balaban J connectivity index is 1.64. The predicted molar refractivity (Wildman–Crippen MR) is 131 cm³/mol. The molecule has 0 aromatic carbocycles. The van der Waals surface area contributed by atoms with Crippen LogP contribution in [0.5, 0.6) is 0 Å². The molecule has 4 heterocycles. The van der Waals surface area contributed by atoms with Crippen molar-refractivity contribution in [2.45, 2.75) is 46.0 Å². The summed E-state index contributed by atoms with van der Waals surface area (Å²) < 4.78 is 57.8. The lowest BCUT2D eigenvalue weighted by molar-refractivity contribution is -0.141. The Labute approximate surface area is 215 Å². The molecule has 3 unspecified atom stereocenters. The number of aliphatic hydroxyl groups excluding tert-OH is 1. The number of anilines is 1. The molecular formula is C25H28F4N6O3. The molecule has 2 N–H and O–H groups in total. The zero-order chi connectivity index (χ0) is 28.1. The van der Waals surface area contributed by atoms with Crippen molar-refractivity contribution in [3.8, 4) is 0 Å². The molecule has 0 radical (unpaired) electrons. The number of alkyl halides is 3. The van der Waals surface area contributed by atoms with Gasteiger partial charge in [-0.3, -0.25) is 14.2 Å². The minimum Gasteiger partial charge on any atom is -0.392 e. The zero-order valence-electron chi connectivity index (χ0n) is 21.5. The molecule has 3 aromatic heterocycles. The first-order chi connectivity index (χ1) is 17.7. The highest BCUT2D eigenvalue weighted by molar-refractivity contribution is 5.94. The van der Waals surface area contributed by atoms with Gasteiger partial charge in [0.15, 0.2) is 23.0 Å². The van der Waals surface area contributed by atoms with Gasteiger partial charge >= 0.3 is 6.18 Å². The maximum Gasteiger partial charge on any atom is 0.433 e. The van der Waals surface area contributed by atoms with Gasteiger partial charge < -0.3 is 15.3 Å². The normalized spacial score (nSPS) is 21.0. The van der Waals surface area contributed by atoms with Gasteiger partial charge in [0.25, 0.3) is 11.5 Å². The Morgan fingerprint density at radius 1 is 1.18 bits per heavy atom. The van der Waals surface area contributed by atoms with E-state index in [0.717, 1.165) is 18.3 Å². The molecule has 204 valence electrons. The number of fused-ring (bicyclic) bond motifs is 1. The molecule has 1 amide bonds. The number of piperidine rings is 1. The number of aromatic nitrogens is 4. The Kier molecular flexibility index (Phi) is 7.17. The van der Waals surface area contributed by atoms with Crippen LogP contribution in [0.3, 0.4) is 0 Å². The van der Waals surface area contributed by atoms with Crippen LogP contribution >= 0.6 is 0 Å². The number of aliphatic hydroxyl groups is 1. The molecular weight excluding hydrogens is 508 g/mol. The molecule has 0 spiro atoms. The van der Waals surface area contributed by atoms with E-state index in [0.29, 0.717) is 13.1 Å². The number of carbonyl (C=O) groups is 1. The summed E-state index contributed by atoms with van der Waals surface area (Å²) in [5.74, 6) is -1.87. The highest BCUT2D eigenvalue weighted by Crippen LogP contribution is 2.35. The topological polar surface area (TPSA) is 113 Å². The van der Waals surface area contributed by atoms with Gasteiger partial charge in [-0.15, -0.1) is 0 Å². The van der Waals surface area contributed by atoms with Crippen molar-refractivity contribution in [2.24, 2.45) is 18.9 Å². The van der Waals surface area contributed by atoms with Gasteiger partial charge in [-0.25, -0.2) is 19.3 Å². The SMILES string of the molecule is Cc1nc2nc(C(F)(F)F)c(C(C)Nc3ncc(C(=O)N4CC(C)C(O)C(C)C4)cc3F)cc2c(=O)n1C. The number of aryl methyl sites for hydroxylation is 1. The highest BCUT2D eigenvalue weighted by atomic mass is 19.4. The number of rotatable bonds is 4. The maximum atomic E-state index is 15.0. The highest BCUT2D eigenvalue weighted by Gasteiger charge is 2.38. The van der Waals surface area contributed by atoms with Crippen LogP contribution in [-0.4, -0.2) is 54.6 Å². The van der Waals surface area contributed by atoms with Gasteiger partial charge in [-0.1, -0.05) is 13.8 Å². The van der Waals surface area contributed by atoms with Gasteiger partial charge in [0.05, 0.1) is 23.1 Å². The van der Waals surface area contributed by atoms with E-state index >= 15 is 0 Å². The fourth-order valence-electron chi connectivity index (χ4n) is 4.71. The summed E-state index contributed by atoms with van der Waals surface area (Å²) in [6.45, 7) is 7.06. The lowest BCUT2D eigenvalue weighted by atomic mass is 9.88. The molecule has 9 nitrogen and oxygen atoms in total. The number of hydrogen-bond donors (Lipinski definition) is 2. The lowest BCUT2D eigenvalue weighted by Crippen LogP contribution is -2.49. The summed E-state index contributed by atoms with van der Waals surface area (Å²) >= 11 is 0. The number of carbonyl (C=O) groups excluding carboxylic acids is 1. The van der Waals surface area contributed by atoms with E-state index in [1.807, 2.05) is 13.8 Å². The van der Waals surface area contributed by atoms with Crippen LogP contribution in [0.4, 0.5) is 23.4 Å². The van der Waals surface area contributed by atoms with Gasteiger partial charge in [0.2, 0.25) is 0 Å². The number of halogens is 4. The van der Waals surface area contributed by atoms with Crippen molar-refractivity contribution in [2.75, 3.05) is 18.4 Å². The van der Waals surface area contributed by atoms with E-state index in [9.17, 15) is 32.3 Å². The van der Waals surface area contributed by atoms with Gasteiger partial charge in [0, 0.05) is 31.9 Å². The van der Waals surface area contributed by atoms with Crippen LogP contribution in [0, 0.1) is 24.6 Å². The van der Waals surface area contributed by atoms with Crippen molar-refractivity contribution < 1.29 is 27.5 Å².